The zero-order valence-electron chi connectivity index (χ0n) is 8.26. The number of carbonyl (C=O) groups is 2. The van der Waals surface area contributed by atoms with Crippen molar-refractivity contribution in [3.8, 4) is 0 Å². The van der Waals surface area contributed by atoms with E-state index in [1.807, 2.05) is 0 Å². The largest absolute Gasteiger partial charge is 0.374 e. The minimum Gasteiger partial charge on any atom is -0.374 e. The minimum atomic E-state index is -0.126. The van der Waals surface area contributed by atoms with Gasteiger partial charge >= 0.3 is 0 Å². The van der Waals surface area contributed by atoms with Crippen molar-refractivity contribution >= 4 is 11.6 Å². The Kier molecular flexibility index (Phi) is 12.3. The van der Waals surface area contributed by atoms with Gasteiger partial charge in [0.1, 0.15) is 12.4 Å². The van der Waals surface area contributed by atoms with Crippen molar-refractivity contribution in [2.45, 2.75) is 33.1 Å². The van der Waals surface area contributed by atoms with E-state index in [9.17, 15) is 9.59 Å². The number of rotatable bonds is 7. The molecule has 0 aromatic heterocycles. The smallest absolute Gasteiger partial charge is 0.165 e. The minimum absolute atomic E-state index is 0. The second-order valence-corrected chi connectivity index (χ2v) is 2.82. The maximum Gasteiger partial charge on any atom is 0.165 e. The Morgan fingerprint density at radius 1 is 1.31 bits per heavy atom. The van der Waals surface area contributed by atoms with Crippen molar-refractivity contribution in [1.29, 1.82) is 0 Å². The van der Waals surface area contributed by atoms with Gasteiger partial charge in [0.2, 0.25) is 0 Å². The molecule has 0 aliphatic rings. The fourth-order valence-corrected chi connectivity index (χ4v) is 0.761. The number of hydrogen-bond donors (Lipinski definition) is 0. The summed E-state index contributed by atoms with van der Waals surface area (Å²) in [6.45, 7) is 4.16. The van der Waals surface area contributed by atoms with E-state index in [-0.39, 0.29) is 50.4 Å². The molecule has 0 heterocycles. The zero-order valence-corrected chi connectivity index (χ0v) is 11.9. The van der Waals surface area contributed by atoms with Gasteiger partial charge in [0, 0.05) is 32.5 Å². The van der Waals surface area contributed by atoms with Crippen LogP contribution in [0.1, 0.15) is 33.1 Å². The number of ketones is 2. The summed E-state index contributed by atoms with van der Waals surface area (Å²) in [5.41, 5.74) is 0. The summed E-state index contributed by atoms with van der Waals surface area (Å²) in [5, 5.41) is 0. The predicted octanol–water partition coefficient (Wildman–Crippen LogP) is 1.35. The Labute approximate surface area is 98.0 Å². The molecule has 13 heavy (non-hydrogen) atoms. The molecule has 0 saturated heterocycles. The van der Waals surface area contributed by atoms with Gasteiger partial charge in [0.05, 0.1) is 6.42 Å². The molecule has 0 bridgehead atoms. The zero-order chi connectivity index (χ0) is 9.40. The van der Waals surface area contributed by atoms with Crippen LogP contribution in [-0.2, 0) is 40.2 Å². The Morgan fingerprint density at radius 3 is 2.38 bits per heavy atom. The van der Waals surface area contributed by atoms with Gasteiger partial charge in [-0.15, -0.1) is 0 Å². The third-order valence-corrected chi connectivity index (χ3v) is 1.35. The summed E-state index contributed by atoms with van der Waals surface area (Å²) in [5.74, 6) is -0.224. The molecule has 0 N–H and O–H groups in total. The first-order valence-corrected chi connectivity index (χ1v) is 4.25. The van der Waals surface area contributed by atoms with Crippen LogP contribution in [0.5, 0.6) is 0 Å². The van der Waals surface area contributed by atoms with Crippen molar-refractivity contribution in [3.05, 3.63) is 0 Å². The molecule has 0 aromatic rings. The van der Waals surface area contributed by atoms with E-state index in [2.05, 4.69) is 6.92 Å². The van der Waals surface area contributed by atoms with Crippen LogP contribution in [0.2, 0.25) is 0 Å². The third kappa shape index (κ3) is 12.2. The Morgan fingerprint density at radius 2 is 1.92 bits per heavy atom. The maximum absolute atomic E-state index is 10.9. The molecule has 0 saturated carbocycles. The average Bonchev–Trinajstić information content (AvgIpc) is 1.97. The summed E-state index contributed by atoms with van der Waals surface area (Å²) in [4.78, 5) is 21.3. The van der Waals surface area contributed by atoms with E-state index in [1.54, 1.807) is 0 Å². The Hall–Kier alpha value is 0.170. The average molecular weight is 351 g/mol. The van der Waals surface area contributed by atoms with E-state index >= 15 is 0 Å². The van der Waals surface area contributed by atoms with Gasteiger partial charge in [-0.25, -0.2) is 0 Å². The summed E-state index contributed by atoms with van der Waals surface area (Å²) >= 11 is 0. The molecule has 74 valence electrons. The predicted molar refractivity (Wildman–Crippen MR) is 46.0 cm³/mol. The van der Waals surface area contributed by atoms with Gasteiger partial charge in [0.15, 0.2) is 5.78 Å². The summed E-state index contributed by atoms with van der Waals surface area (Å²) in [6.07, 6.45) is 2.03. The summed E-state index contributed by atoms with van der Waals surface area (Å²) in [6, 6.07) is 0. The van der Waals surface area contributed by atoms with Gasteiger partial charge < -0.3 is 4.74 Å². The van der Waals surface area contributed by atoms with E-state index < -0.39 is 0 Å². The van der Waals surface area contributed by atoms with Gasteiger partial charge in [-0.3, -0.25) is 9.59 Å². The number of unbranched alkanes of at least 4 members (excludes halogenated alkanes) is 1. The quantitative estimate of drug-likeness (QED) is 0.395. The first-order valence-electron chi connectivity index (χ1n) is 4.25. The molecule has 4 heteroatoms. The van der Waals surface area contributed by atoms with Crippen molar-refractivity contribution in [1.82, 2.24) is 0 Å². The van der Waals surface area contributed by atoms with Crippen LogP contribution in [0.3, 0.4) is 0 Å². The molecule has 0 rings (SSSR count). The fraction of sp³-hybridized carbons (Fsp3) is 0.778. The monoisotopic (exact) mass is 352 g/mol. The van der Waals surface area contributed by atoms with Crippen LogP contribution in [0.4, 0.5) is 0 Å². The fourth-order valence-electron chi connectivity index (χ4n) is 0.761. The van der Waals surface area contributed by atoms with Crippen molar-refractivity contribution in [3.63, 3.8) is 0 Å². The van der Waals surface area contributed by atoms with Crippen LogP contribution >= 0.6 is 0 Å². The standard InChI is InChI=1S/C9H16O3.Hf/c1-3-4-5-12-7-9(11)6-8(2)10;/h3-7H2,1-2H3;. The summed E-state index contributed by atoms with van der Waals surface area (Å²) < 4.78 is 5.03. The maximum atomic E-state index is 10.9. The second-order valence-electron chi connectivity index (χ2n) is 2.82. The molecule has 0 amide bonds. The van der Waals surface area contributed by atoms with Crippen molar-refractivity contribution < 1.29 is 40.2 Å². The molecule has 3 nitrogen and oxygen atoms in total. The molecule has 0 spiro atoms. The second kappa shape index (κ2) is 10.3. The molecular weight excluding hydrogens is 335 g/mol. The topological polar surface area (TPSA) is 43.4 Å². The number of hydrogen-bond acceptors (Lipinski definition) is 3. The molecule has 0 atom stereocenters. The molecule has 0 aromatic carbocycles. The third-order valence-electron chi connectivity index (χ3n) is 1.35. The molecule has 0 aliphatic carbocycles. The van der Waals surface area contributed by atoms with Gasteiger partial charge in [0.25, 0.3) is 0 Å². The van der Waals surface area contributed by atoms with E-state index in [1.165, 1.54) is 6.92 Å². The van der Waals surface area contributed by atoms with Crippen LogP contribution < -0.4 is 0 Å². The first-order chi connectivity index (χ1) is 5.66. The first kappa shape index (κ1) is 15.6. The summed E-state index contributed by atoms with van der Waals surface area (Å²) in [7, 11) is 0. The molecule has 0 unspecified atom stereocenters. The van der Waals surface area contributed by atoms with Crippen LogP contribution in [-0.4, -0.2) is 24.8 Å². The normalized spacial score (nSPS) is 9.08. The van der Waals surface area contributed by atoms with Crippen molar-refractivity contribution in [2.24, 2.45) is 0 Å². The number of ether oxygens (including phenoxy) is 1. The van der Waals surface area contributed by atoms with E-state index in [0.717, 1.165) is 12.8 Å². The molecule has 0 aliphatic heterocycles. The van der Waals surface area contributed by atoms with Crippen LogP contribution in [0, 0.1) is 0 Å². The van der Waals surface area contributed by atoms with Crippen LogP contribution in [0.25, 0.3) is 0 Å². The van der Waals surface area contributed by atoms with E-state index in [4.69, 9.17) is 4.74 Å². The Balaban J connectivity index is 0. The number of carbonyl (C=O) groups excluding carboxylic acids is 2. The molecular formula is C9H16HfO3. The Bertz CT molecular complexity index is 157. The van der Waals surface area contributed by atoms with E-state index in [0.29, 0.717) is 6.61 Å². The van der Waals surface area contributed by atoms with Gasteiger partial charge in [-0.2, -0.15) is 0 Å². The van der Waals surface area contributed by atoms with Gasteiger partial charge in [-0.1, -0.05) is 13.3 Å². The SMILES string of the molecule is CCCCOCC(=O)CC(C)=O.[Hf]. The number of Topliss-reactive ketones (excluding diaryl/α,β-unsaturated/α-hetero) is 2. The van der Waals surface area contributed by atoms with Gasteiger partial charge in [-0.05, 0) is 13.3 Å². The van der Waals surface area contributed by atoms with Crippen LogP contribution in [0.15, 0.2) is 0 Å². The van der Waals surface area contributed by atoms with Crippen molar-refractivity contribution in [2.75, 3.05) is 13.2 Å². The molecule has 0 fully saturated rings. The molecule has 0 radical (unpaired) electrons.